The van der Waals surface area contributed by atoms with Crippen LogP contribution in [-0.4, -0.2) is 19.1 Å². The maximum atomic E-state index is 12.0. The van der Waals surface area contributed by atoms with Gasteiger partial charge in [0.15, 0.2) is 0 Å². The number of imidazole rings is 1. The number of nitrogens with zero attached hydrogens (tertiary/aromatic N) is 4. The smallest absolute Gasteiger partial charge is 0.255 e. The summed E-state index contributed by atoms with van der Waals surface area (Å²) >= 11 is 5.82. The molecule has 0 saturated heterocycles. The van der Waals surface area contributed by atoms with Crippen molar-refractivity contribution in [3.05, 3.63) is 45.6 Å². The van der Waals surface area contributed by atoms with Crippen LogP contribution in [0.3, 0.4) is 0 Å². The van der Waals surface area contributed by atoms with E-state index in [-0.39, 0.29) is 10.7 Å². The van der Waals surface area contributed by atoms with Gasteiger partial charge in [-0.15, -0.1) is 0 Å². The van der Waals surface area contributed by atoms with Gasteiger partial charge < -0.3 is 4.57 Å². The first-order chi connectivity index (χ1) is 9.02. The molecule has 19 heavy (non-hydrogen) atoms. The maximum absolute atomic E-state index is 12.0. The van der Waals surface area contributed by atoms with E-state index in [1.807, 2.05) is 11.5 Å². The maximum Gasteiger partial charge on any atom is 0.255 e. The van der Waals surface area contributed by atoms with Gasteiger partial charge in [-0.1, -0.05) is 18.5 Å². The fraction of sp³-hybridized carbons (Fsp3) is 0.462. The van der Waals surface area contributed by atoms with Crippen molar-refractivity contribution in [1.29, 1.82) is 0 Å². The SMILES string of the molecule is CCc1nc(Cl)cc(=O)n1Cc1cncn1C(C)C. The summed E-state index contributed by atoms with van der Waals surface area (Å²) < 4.78 is 3.68. The molecule has 0 aliphatic rings. The molecule has 0 bridgehead atoms. The van der Waals surface area contributed by atoms with E-state index in [1.54, 1.807) is 17.1 Å². The number of hydrogen-bond donors (Lipinski definition) is 0. The van der Waals surface area contributed by atoms with Crippen LogP contribution in [0.2, 0.25) is 5.15 Å². The zero-order chi connectivity index (χ0) is 14.0. The molecule has 0 N–H and O–H groups in total. The third kappa shape index (κ3) is 2.87. The highest BCUT2D eigenvalue weighted by Gasteiger charge is 2.11. The Bertz CT molecular complexity index is 630. The first-order valence-corrected chi connectivity index (χ1v) is 6.67. The highest BCUT2D eigenvalue weighted by atomic mass is 35.5. The fourth-order valence-electron chi connectivity index (χ4n) is 2.04. The second-order valence-electron chi connectivity index (χ2n) is 4.66. The lowest BCUT2D eigenvalue weighted by atomic mass is 10.3. The van der Waals surface area contributed by atoms with E-state index in [2.05, 4.69) is 23.8 Å². The van der Waals surface area contributed by atoms with Crippen LogP contribution in [0.15, 0.2) is 23.4 Å². The zero-order valence-electron chi connectivity index (χ0n) is 11.3. The Morgan fingerprint density at radius 2 is 2.16 bits per heavy atom. The minimum atomic E-state index is -0.131. The van der Waals surface area contributed by atoms with Crippen LogP contribution >= 0.6 is 11.6 Å². The Kier molecular flexibility index (Phi) is 4.04. The predicted molar refractivity (Wildman–Crippen MR) is 74.6 cm³/mol. The van der Waals surface area contributed by atoms with Gasteiger partial charge in [0, 0.05) is 24.7 Å². The van der Waals surface area contributed by atoms with Crippen molar-refractivity contribution in [3.63, 3.8) is 0 Å². The summed E-state index contributed by atoms with van der Waals surface area (Å²) in [7, 11) is 0. The van der Waals surface area contributed by atoms with E-state index in [1.165, 1.54) is 6.07 Å². The summed E-state index contributed by atoms with van der Waals surface area (Å²) in [5, 5.41) is 0.246. The van der Waals surface area contributed by atoms with E-state index in [4.69, 9.17) is 11.6 Å². The summed E-state index contributed by atoms with van der Waals surface area (Å²) in [5.74, 6) is 0.689. The van der Waals surface area contributed by atoms with Crippen molar-refractivity contribution in [1.82, 2.24) is 19.1 Å². The van der Waals surface area contributed by atoms with Gasteiger partial charge >= 0.3 is 0 Å². The van der Waals surface area contributed by atoms with Crippen LogP contribution in [0.1, 0.15) is 38.3 Å². The molecule has 2 aromatic rings. The molecule has 0 saturated carbocycles. The van der Waals surface area contributed by atoms with E-state index >= 15 is 0 Å². The molecule has 0 spiro atoms. The second kappa shape index (κ2) is 5.57. The molecular formula is C13H17ClN4O. The van der Waals surface area contributed by atoms with E-state index in [9.17, 15) is 4.79 Å². The summed E-state index contributed by atoms with van der Waals surface area (Å²) in [4.78, 5) is 20.4. The van der Waals surface area contributed by atoms with E-state index < -0.39 is 0 Å². The van der Waals surface area contributed by atoms with Crippen LogP contribution in [0.4, 0.5) is 0 Å². The lowest BCUT2D eigenvalue weighted by Gasteiger charge is -2.14. The Labute approximate surface area is 116 Å². The quantitative estimate of drug-likeness (QED) is 0.808. The highest BCUT2D eigenvalue weighted by Crippen LogP contribution is 2.11. The lowest BCUT2D eigenvalue weighted by molar-refractivity contribution is 0.549. The van der Waals surface area contributed by atoms with Gasteiger partial charge in [0.25, 0.3) is 5.56 Å². The van der Waals surface area contributed by atoms with Crippen LogP contribution in [0.25, 0.3) is 0 Å². The average Bonchev–Trinajstić information content (AvgIpc) is 2.80. The van der Waals surface area contributed by atoms with Gasteiger partial charge in [-0.2, -0.15) is 0 Å². The molecule has 0 aliphatic heterocycles. The fourth-order valence-corrected chi connectivity index (χ4v) is 2.23. The summed E-state index contributed by atoms with van der Waals surface area (Å²) in [6.07, 6.45) is 4.21. The Morgan fingerprint density at radius 1 is 1.42 bits per heavy atom. The summed E-state index contributed by atoms with van der Waals surface area (Å²) in [6.45, 7) is 6.57. The molecule has 102 valence electrons. The first kappa shape index (κ1) is 13.8. The molecule has 0 aliphatic carbocycles. The number of halogens is 1. The van der Waals surface area contributed by atoms with Crippen LogP contribution < -0.4 is 5.56 Å². The normalized spacial score (nSPS) is 11.2. The topological polar surface area (TPSA) is 52.7 Å². The molecule has 6 heteroatoms. The molecule has 2 heterocycles. The lowest BCUT2D eigenvalue weighted by Crippen LogP contribution is -2.26. The van der Waals surface area contributed by atoms with E-state index in [0.717, 1.165) is 5.69 Å². The predicted octanol–water partition coefficient (Wildman–Crippen LogP) is 2.28. The number of aryl methyl sites for hydroxylation is 1. The Hall–Kier alpha value is -1.62. The molecule has 0 atom stereocenters. The van der Waals surface area contributed by atoms with Crippen LogP contribution in [-0.2, 0) is 13.0 Å². The Balaban J connectivity index is 2.43. The number of aromatic nitrogens is 4. The van der Waals surface area contributed by atoms with Gasteiger partial charge in [0.2, 0.25) is 0 Å². The molecular weight excluding hydrogens is 264 g/mol. The molecule has 5 nitrogen and oxygen atoms in total. The largest absolute Gasteiger partial charge is 0.330 e. The van der Waals surface area contributed by atoms with Gasteiger partial charge in [-0.25, -0.2) is 9.97 Å². The monoisotopic (exact) mass is 280 g/mol. The molecule has 2 aromatic heterocycles. The number of rotatable bonds is 4. The second-order valence-corrected chi connectivity index (χ2v) is 5.05. The highest BCUT2D eigenvalue weighted by molar-refractivity contribution is 6.29. The van der Waals surface area contributed by atoms with Crippen molar-refractivity contribution < 1.29 is 0 Å². The third-order valence-electron chi connectivity index (χ3n) is 2.99. The third-order valence-corrected chi connectivity index (χ3v) is 3.19. The van der Waals surface area contributed by atoms with Crippen molar-refractivity contribution in [2.24, 2.45) is 0 Å². The first-order valence-electron chi connectivity index (χ1n) is 6.30. The van der Waals surface area contributed by atoms with Crippen molar-refractivity contribution in [2.45, 2.75) is 39.8 Å². The molecule has 0 amide bonds. The molecule has 0 fully saturated rings. The molecule has 0 unspecified atom stereocenters. The minimum Gasteiger partial charge on any atom is -0.330 e. The molecule has 0 aromatic carbocycles. The van der Waals surface area contributed by atoms with Gasteiger partial charge in [-0.3, -0.25) is 9.36 Å². The standard InChI is InChI=1S/C13H17ClN4O/c1-4-12-16-11(14)5-13(19)17(12)7-10-6-15-8-18(10)9(2)3/h5-6,8-9H,4,7H2,1-3H3. The molecule has 2 rings (SSSR count). The van der Waals surface area contributed by atoms with Crippen molar-refractivity contribution >= 4 is 11.6 Å². The Morgan fingerprint density at radius 3 is 2.79 bits per heavy atom. The van der Waals surface area contributed by atoms with Crippen molar-refractivity contribution in [2.75, 3.05) is 0 Å². The van der Waals surface area contributed by atoms with Crippen LogP contribution in [0.5, 0.6) is 0 Å². The van der Waals surface area contributed by atoms with Crippen molar-refractivity contribution in [3.8, 4) is 0 Å². The summed E-state index contributed by atoms with van der Waals surface area (Å²) in [6, 6.07) is 1.65. The van der Waals surface area contributed by atoms with E-state index in [0.29, 0.717) is 24.8 Å². The van der Waals surface area contributed by atoms with Gasteiger partial charge in [0.05, 0.1) is 18.6 Å². The van der Waals surface area contributed by atoms with Gasteiger partial charge in [0.1, 0.15) is 11.0 Å². The zero-order valence-corrected chi connectivity index (χ0v) is 12.1. The molecule has 0 radical (unpaired) electrons. The number of hydrogen-bond acceptors (Lipinski definition) is 3. The summed E-state index contributed by atoms with van der Waals surface area (Å²) in [5.41, 5.74) is 0.851. The minimum absolute atomic E-state index is 0.131. The average molecular weight is 281 g/mol. The van der Waals surface area contributed by atoms with Gasteiger partial charge in [-0.05, 0) is 13.8 Å². The van der Waals surface area contributed by atoms with Crippen LogP contribution in [0, 0.1) is 0 Å².